The van der Waals surface area contributed by atoms with Crippen molar-refractivity contribution in [3.05, 3.63) is 11.9 Å². The van der Waals surface area contributed by atoms with Crippen molar-refractivity contribution in [3.63, 3.8) is 0 Å². The molecule has 0 aliphatic rings. The van der Waals surface area contributed by atoms with Gasteiger partial charge in [-0.25, -0.2) is 4.68 Å². The number of aromatic nitrogens is 3. The minimum Gasteiger partial charge on any atom is -0.383 e. The summed E-state index contributed by atoms with van der Waals surface area (Å²) in [5, 5.41) is 7.99. The Morgan fingerprint density at radius 2 is 2.33 bits per heavy atom. The highest BCUT2D eigenvalue weighted by Gasteiger charge is 2.03. The van der Waals surface area contributed by atoms with E-state index in [9.17, 15) is 0 Å². The molecule has 0 fully saturated rings. The van der Waals surface area contributed by atoms with E-state index in [2.05, 4.69) is 24.2 Å². The molecular weight excluding hydrogens is 154 g/mol. The van der Waals surface area contributed by atoms with Crippen molar-refractivity contribution < 1.29 is 4.74 Å². The fourth-order valence-corrected chi connectivity index (χ4v) is 0.872. The van der Waals surface area contributed by atoms with E-state index in [0.717, 1.165) is 12.2 Å². The molecule has 4 heteroatoms. The van der Waals surface area contributed by atoms with Gasteiger partial charge in [0.1, 0.15) is 0 Å². The molecule has 0 radical (unpaired) electrons. The first-order chi connectivity index (χ1) is 5.74. The summed E-state index contributed by atoms with van der Waals surface area (Å²) in [7, 11) is 1.68. The van der Waals surface area contributed by atoms with Gasteiger partial charge in [0.15, 0.2) is 0 Å². The van der Waals surface area contributed by atoms with Crippen LogP contribution in [0.25, 0.3) is 0 Å². The van der Waals surface area contributed by atoms with Gasteiger partial charge in [-0.05, 0) is 5.92 Å². The highest BCUT2D eigenvalue weighted by atomic mass is 16.5. The predicted molar refractivity (Wildman–Crippen MR) is 46.0 cm³/mol. The van der Waals surface area contributed by atoms with Crippen molar-refractivity contribution in [2.45, 2.75) is 26.3 Å². The van der Waals surface area contributed by atoms with Crippen LogP contribution in [0.1, 0.15) is 25.5 Å². The molecule has 0 bridgehead atoms. The van der Waals surface area contributed by atoms with Crippen LogP contribution in [0, 0.1) is 0 Å². The lowest BCUT2D eigenvalue weighted by Crippen LogP contribution is -2.04. The van der Waals surface area contributed by atoms with E-state index in [-0.39, 0.29) is 0 Å². The molecule has 0 saturated heterocycles. The zero-order valence-corrected chi connectivity index (χ0v) is 7.82. The highest BCUT2D eigenvalue weighted by molar-refractivity contribution is 4.97. The van der Waals surface area contributed by atoms with Crippen LogP contribution >= 0.6 is 0 Å². The topological polar surface area (TPSA) is 39.9 Å². The van der Waals surface area contributed by atoms with E-state index >= 15 is 0 Å². The highest BCUT2D eigenvalue weighted by Crippen LogP contribution is 2.08. The van der Waals surface area contributed by atoms with Crippen molar-refractivity contribution in [2.75, 3.05) is 13.7 Å². The second kappa shape index (κ2) is 4.21. The van der Waals surface area contributed by atoms with Crippen LogP contribution in [0.2, 0.25) is 0 Å². The Hall–Kier alpha value is -0.900. The van der Waals surface area contributed by atoms with Crippen molar-refractivity contribution >= 4 is 0 Å². The van der Waals surface area contributed by atoms with E-state index in [0.29, 0.717) is 12.5 Å². The van der Waals surface area contributed by atoms with E-state index in [1.807, 2.05) is 6.20 Å². The second-order valence-corrected chi connectivity index (χ2v) is 3.05. The SMILES string of the molecule is COCCn1cc(C(C)C)nn1. The predicted octanol–water partition coefficient (Wildman–Crippen LogP) is 1.05. The molecule has 1 heterocycles. The summed E-state index contributed by atoms with van der Waals surface area (Å²) in [5.41, 5.74) is 1.03. The molecule has 12 heavy (non-hydrogen) atoms. The van der Waals surface area contributed by atoms with Gasteiger partial charge in [-0.15, -0.1) is 5.10 Å². The summed E-state index contributed by atoms with van der Waals surface area (Å²) < 4.78 is 6.73. The molecule has 0 aliphatic carbocycles. The van der Waals surface area contributed by atoms with E-state index < -0.39 is 0 Å². The van der Waals surface area contributed by atoms with E-state index in [1.54, 1.807) is 11.8 Å². The third kappa shape index (κ3) is 2.30. The Balaban J connectivity index is 2.52. The Kier molecular flexibility index (Phi) is 3.22. The summed E-state index contributed by atoms with van der Waals surface area (Å²) in [6.45, 7) is 5.66. The third-order valence-corrected chi connectivity index (χ3v) is 1.67. The molecule has 0 N–H and O–H groups in total. The molecule has 0 spiro atoms. The fraction of sp³-hybridized carbons (Fsp3) is 0.750. The van der Waals surface area contributed by atoms with Crippen LogP contribution in [0.4, 0.5) is 0 Å². The maximum atomic E-state index is 4.93. The minimum atomic E-state index is 0.446. The second-order valence-electron chi connectivity index (χ2n) is 3.05. The number of hydrogen-bond donors (Lipinski definition) is 0. The van der Waals surface area contributed by atoms with Gasteiger partial charge in [-0.1, -0.05) is 19.1 Å². The molecule has 1 rings (SSSR count). The molecule has 0 aromatic carbocycles. The molecule has 0 aliphatic heterocycles. The van der Waals surface area contributed by atoms with Crippen molar-refractivity contribution in [1.29, 1.82) is 0 Å². The molecule has 68 valence electrons. The zero-order valence-electron chi connectivity index (χ0n) is 7.82. The largest absolute Gasteiger partial charge is 0.383 e. The Bertz CT molecular complexity index is 232. The van der Waals surface area contributed by atoms with Crippen LogP contribution in [-0.4, -0.2) is 28.7 Å². The third-order valence-electron chi connectivity index (χ3n) is 1.67. The summed E-state index contributed by atoms with van der Waals surface area (Å²) in [6.07, 6.45) is 1.96. The lowest BCUT2D eigenvalue weighted by atomic mass is 10.2. The van der Waals surface area contributed by atoms with Crippen molar-refractivity contribution in [3.8, 4) is 0 Å². The van der Waals surface area contributed by atoms with Gasteiger partial charge in [-0.2, -0.15) is 0 Å². The molecule has 0 atom stereocenters. The van der Waals surface area contributed by atoms with Crippen LogP contribution in [0.3, 0.4) is 0 Å². The van der Waals surface area contributed by atoms with E-state index in [4.69, 9.17) is 4.74 Å². The molecule has 0 saturated carbocycles. The average Bonchev–Trinajstić information content (AvgIpc) is 2.48. The van der Waals surface area contributed by atoms with Gasteiger partial charge < -0.3 is 4.74 Å². The zero-order chi connectivity index (χ0) is 8.97. The summed E-state index contributed by atoms with van der Waals surface area (Å²) in [6, 6.07) is 0. The first-order valence-corrected chi connectivity index (χ1v) is 4.13. The van der Waals surface area contributed by atoms with Crippen LogP contribution < -0.4 is 0 Å². The van der Waals surface area contributed by atoms with Gasteiger partial charge in [0.25, 0.3) is 0 Å². The Labute approximate surface area is 72.5 Å². The molecule has 0 amide bonds. The Morgan fingerprint density at radius 1 is 1.58 bits per heavy atom. The molecule has 0 unspecified atom stereocenters. The fourth-order valence-electron chi connectivity index (χ4n) is 0.872. The number of ether oxygens (including phenoxy) is 1. The van der Waals surface area contributed by atoms with Gasteiger partial charge in [0.05, 0.1) is 18.8 Å². The lowest BCUT2D eigenvalue weighted by molar-refractivity contribution is 0.183. The van der Waals surface area contributed by atoms with Crippen molar-refractivity contribution in [2.24, 2.45) is 0 Å². The van der Waals surface area contributed by atoms with E-state index in [1.165, 1.54) is 0 Å². The maximum Gasteiger partial charge on any atom is 0.0852 e. The summed E-state index contributed by atoms with van der Waals surface area (Å²) in [5.74, 6) is 0.446. The van der Waals surface area contributed by atoms with Crippen LogP contribution in [0.15, 0.2) is 6.20 Å². The maximum absolute atomic E-state index is 4.93. The van der Waals surface area contributed by atoms with Crippen molar-refractivity contribution in [1.82, 2.24) is 15.0 Å². The average molecular weight is 169 g/mol. The normalized spacial score (nSPS) is 11.0. The lowest BCUT2D eigenvalue weighted by Gasteiger charge is -1.97. The van der Waals surface area contributed by atoms with Gasteiger partial charge in [0.2, 0.25) is 0 Å². The first kappa shape index (κ1) is 9.19. The van der Waals surface area contributed by atoms with Gasteiger partial charge in [0, 0.05) is 13.3 Å². The monoisotopic (exact) mass is 169 g/mol. The smallest absolute Gasteiger partial charge is 0.0852 e. The standard InChI is InChI=1S/C8H15N3O/c1-7(2)8-6-11(10-9-8)4-5-12-3/h6-7H,4-5H2,1-3H3. The quantitative estimate of drug-likeness (QED) is 0.676. The molecule has 1 aromatic heterocycles. The van der Waals surface area contributed by atoms with Crippen LogP contribution in [-0.2, 0) is 11.3 Å². The van der Waals surface area contributed by atoms with Gasteiger partial charge in [-0.3, -0.25) is 0 Å². The number of hydrogen-bond acceptors (Lipinski definition) is 3. The Morgan fingerprint density at radius 3 is 2.83 bits per heavy atom. The molecular formula is C8H15N3O. The van der Waals surface area contributed by atoms with Crippen LogP contribution in [0.5, 0.6) is 0 Å². The number of nitrogens with zero attached hydrogens (tertiary/aromatic N) is 3. The van der Waals surface area contributed by atoms with Gasteiger partial charge >= 0.3 is 0 Å². The first-order valence-electron chi connectivity index (χ1n) is 4.13. The summed E-state index contributed by atoms with van der Waals surface area (Å²) in [4.78, 5) is 0. The number of rotatable bonds is 4. The summed E-state index contributed by atoms with van der Waals surface area (Å²) >= 11 is 0. The minimum absolute atomic E-state index is 0.446. The molecule has 4 nitrogen and oxygen atoms in total. The molecule has 1 aromatic rings. The number of methoxy groups -OCH3 is 1.